The van der Waals surface area contributed by atoms with Crippen molar-refractivity contribution in [2.75, 3.05) is 11.9 Å². The molecule has 36 heavy (non-hydrogen) atoms. The molecular weight excluding hydrogens is 483 g/mol. The third-order valence-corrected chi connectivity index (χ3v) is 6.82. The molecule has 3 aromatic heterocycles. The van der Waals surface area contributed by atoms with Crippen molar-refractivity contribution in [2.45, 2.75) is 18.6 Å². The van der Waals surface area contributed by atoms with Gasteiger partial charge in [0.15, 0.2) is 5.13 Å². The Morgan fingerprint density at radius 3 is 2.44 bits per heavy atom. The first kappa shape index (κ1) is 23.9. The Morgan fingerprint density at radius 1 is 0.889 bits per heavy atom. The first-order valence-corrected chi connectivity index (χ1v) is 12.1. The number of hydrogen-bond donors (Lipinski definition) is 2. The summed E-state index contributed by atoms with van der Waals surface area (Å²) in [6.45, 7) is 0.420. The lowest BCUT2D eigenvalue weighted by molar-refractivity contribution is -0.137. The van der Waals surface area contributed by atoms with Gasteiger partial charge in [-0.2, -0.15) is 13.2 Å². The molecule has 3 heterocycles. The van der Waals surface area contributed by atoms with E-state index in [1.165, 1.54) is 23.5 Å². The lowest BCUT2D eigenvalue weighted by atomic mass is 10.0. The molecule has 0 saturated heterocycles. The second-order valence-corrected chi connectivity index (χ2v) is 9.41. The van der Waals surface area contributed by atoms with Gasteiger partial charge in [-0.3, -0.25) is 9.97 Å². The molecule has 0 saturated carbocycles. The Balaban J connectivity index is 1.36. The number of nitrogens with one attached hydrogen (secondary N) is 1. The smallest absolute Gasteiger partial charge is 0.360 e. The summed E-state index contributed by atoms with van der Waals surface area (Å²) in [5, 5.41) is 6.16. The number of thiazole rings is 1. The van der Waals surface area contributed by atoms with Gasteiger partial charge in [0.25, 0.3) is 0 Å². The van der Waals surface area contributed by atoms with Crippen LogP contribution in [0.4, 0.5) is 18.3 Å². The van der Waals surface area contributed by atoms with Crippen LogP contribution >= 0.6 is 11.3 Å². The summed E-state index contributed by atoms with van der Waals surface area (Å²) in [6.07, 6.45) is 3.20. The van der Waals surface area contributed by atoms with Crippen LogP contribution in [0.2, 0.25) is 0 Å². The summed E-state index contributed by atoms with van der Waals surface area (Å²) in [4.78, 5) is 14.3. The van der Waals surface area contributed by atoms with Gasteiger partial charge in [0.2, 0.25) is 0 Å². The molecule has 2 aromatic carbocycles. The minimum atomic E-state index is -4.35. The fraction of sp³-hybridized carbons (Fsp3) is 0.148. The maximum atomic E-state index is 12.8. The van der Waals surface area contributed by atoms with Gasteiger partial charge in [0.1, 0.15) is 0 Å². The zero-order valence-electron chi connectivity index (χ0n) is 19.0. The van der Waals surface area contributed by atoms with E-state index in [2.05, 4.69) is 27.4 Å². The van der Waals surface area contributed by atoms with Crippen molar-refractivity contribution in [1.29, 1.82) is 0 Å². The van der Waals surface area contributed by atoms with Crippen molar-refractivity contribution < 1.29 is 13.2 Å². The standard InChI is InChI=1S/C27H22F3N5S/c28-27(29,30)22-7-3-17(4-8-22)12-23(31)16-34-26-35-24(21-2-1-10-32-15-21)25(36-26)19-5-6-20-14-33-11-9-18(20)13-19/h1-11,13-15,23H,12,16,31H2,(H,34,35)/t23-/m1/s1. The normalized spacial score (nSPS) is 12.6. The van der Waals surface area contributed by atoms with E-state index in [4.69, 9.17) is 10.7 Å². The summed E-state index contributed by atoms with van der Waals surface area (Å²) in [6, 6.07) is 16.8. The highest BCUT2D eigenvalue weighted by Crippen LogP contribution is 2.39. The van der Waals surface area contributed by atoms with E-state index in [9.17, 15) is 13.2 Å². The first-order valence-electron chi connectivity index (χ1n) is 11.3. The largest absolute Gasteiger partial charge is 0.416 e. The van der Waals surface area contributed by atoms with E-state index in [0.717, 1.165) is 50.2 Å². The van der Waals surface area contributed by atoms with Crippen LogP contribution in [0, 0.1) is 0 Å². The predicted molar refractivity (Wildman–Crippen MR) is 138 cm³/mol. The highest BCUT2D eigenvalue weighted by Gasteiger charge is 2.30. The van der Waals surface area contributed by atoms with Crippen LogP contribution in [0.15, 0.2) is 85.5 Å². The second-order valence-electron chi connectivity index (χ2n) is 8.42. The number of nitrogens with zero attached hydrogens (tertiary/aromatic N) is 3. The van der Waals surface area contributed by atoms with E-state index in [1.54, 1.807) is 18.6 Å². The number of pyridine rings is 2. The SMILES string of the molecule is N[C@@H](CNc1nc(-c2cccnc2)c(-c2ccc3cnccc3c2)s1)Cc1ccc(C(F)(F)F)cc1. The lowest BCUT2D eigenvalue weighted by Crippen LogP contribution is -2.31. The van der Waals surface area contributed by atoms with Gasteiger partial charge in [-0.05, 0) is 59.3 Å². The summed E-state index contributed by atoms with van der Waals surface area (Å²) < 4.78 is 38.4. The van der Waals surface area contributed by atoms with E-state index in [-0.39, 0.29) is 6.04 Å². The van der Waals surface area contributed by atoms with Gasteiger partial charge in [0, 0.05) is 48.3 Å². The van der Waals surface area contributed by atoms with Gasteiger partial charge < -0.3 is 11.1 Å². The number of hydrogen-bond acceptors (Lipinski definition) is 6. The van der Waals surface area contributed by atoms with E-state index in [0.29, 0.717) is 18.1 Å². The molecule has 182 valence electrons. The van der Waals surface area contributed by atoms with E-state index >= 15 is 0 Å². The van der Waals surface area contributed by atoms with Crippen LogP contribution in [0.1, 0.15) is 11.1 Å². The molecule has 0 aliphatic carbocycles. The average Bonchev–Trinajstić information content (AvgIpc) is 3.32. The summed E-state index contributed by atoms with van der Waals surface area (Å²) in [5.74, 6) is 0. The maximum absolute atomic E-state index is 12.8. The monoisotopic (exact) mass is 505 g/mol. The van der Waals surface area contributed by atoms with Gasteiger partial charge in [-0.15, -0.1) is 0 Å². The lowest BCUT2D eigenvalue weighted by Gasteiger charge is -2.13. The minimum Gasteiger partial charge on any atom is -0.360 e. The third-order valence-electron chi connectivity index (χ3n) is 5.76. The van der Waals surface area contributed by atoms with Crippen molar-refractivity contribution in [1.82, 2.24) is 15.0 Å². The Hall–Kier alpha value is -3.82. The van der Waals surface area contributed by atoms with Crippen LogP contribution < -0.4 is 11.1 Å². The fourth-order valence-corrected chi connectivity index (χ4v) is 4.93. The van der Waals surface area contributed by atoms with Gasteiger partial charge in [0.05, 0.1) is 16.1 Å². The molecule has 0 bridgehead atoms. The van der Waals surface area contributed by atoms with E-state index in [1.807, 2.05) is 30.5 Å². The highest BCUT2D eigenvalue weighted by molar-refractivity contribution is 7.19. The highest BCUT2D eigenvalue weighted by atomic mass is 32.1. The Bertz CT molecular complexity index is 1470. The number of benzene rings is 2. The van der Waals surface area contributed by atoms with Crippen LogP contribution in [0.3, 0.4) is 0 Å². The number of aromatic nitrogens is 3. The molecule has 9 heteroatoms. The van der Waals surface area contributed by atoms with Crippen molar-refractivity contribution in [2.24, 2.45) is 5.73 Å². The number of fused-ring (bicyclic) bond motifs is 1. The van der Waals surface area contributed by atoms with Crippen molar-refractivity contribution in [3.8, 4) is 21.7 Å². The topological polar surface area (TPSA) is 76.7 Å². The maximum Gasteiger partial charge on any atom is 0.416 e. The Labute approximate surface area is 209 Å². The zero-order chi connectivity index (χ0) is 25.1. The van der Waals surface area contributed by atoms with Crippen molar-refractivity contribution >= 4 is 27.2 Å². The zero-order valence-corrected chi connectivity index (χ0v) is 19.9. The second kappa shape index (κ2) is 10.0. The summed E-state index contributed by atoms with van der Waals surface area (Å²) >= 11 is 1.52. The van der Waals surface area contributed by atoms with Crippen LogP contribution in [0.25, 0.3) is 32.5 Å². The minimum absolute atomic E-state index is 0.302. The number of rotatable bonds is 7. The van der Waals surface area contributed by atoms with Gasteiger partial charge in [-0.25, -0.2) is 4.98 Å². The number of anilines is 1. The Morgan fingerprint density at radius 2 is 1.69 bits per heavy atom. The molecule has 5 aromatic rings. The molecule has 0 fully saturated rings. The van der Waals surface area contributed by atoms with Crippen LogP contribution in [-0.4, -0.2) is 27.5 Å². The molecule has 0 amide bonds. The molecule has 5 rings (SSSR count). The van der Waals surface area contributed by atoms with Crippen LogP contribution in [-0.2, 0) is 12.6 Å². The number of alkyl halides is 3. The van der Waals surface area contributed by atoms with E-state index < -0.39 is 11.7 Å². The summed E-state index contributed by atoms with van der Waals surface area (Å²) in [5.41, 5.74) is 9.12. The quantitative estimate of drug-likeness (QED) is 0.267. The van der Waals surface area contributed by atoms with Crippen molar-refractivity contribution in [3.05, 3.63) is 96.6 Å². The van der Waals surface area contributed by atoms with Gasteiger partial charge in [-0.1, -0.05) is 35.6 Å². The molecule has 0 spiro atoms. The number of halogens is 3. The molecular formula is C27H22F3N5S. The molecule has 0 unspecified atom stereocenters. The van der Waals surface area contributed by atoms with Crippen molar-refractivity contribution in [3.63, 3.8) is 0 Å². The number of nitrogens with two attached hydrogens (primary N) is 1. The molecule has 1 atom stereocenters. The van der Waals surface area contributed by atoms with Gasteiger partial charge >= 0.3 is 6.18 Å². The first-order chi connectivity index (χ1) is 17.4. The van der Waals surface area contributed by atoms with Crippen LogP contribution in [0.5, 0.6) is 0 Å². The predicted octanol–water partition coefficient (Wildman–Crippen LogP) is 6.42. The Kier molecular flexibility index (Phi) is 6.67. The molecule has 0 aliphatic heterocycles. The molecule has 0 aliphatic rings. The third kappa shape index (κ3) is 5.37. The molecule has 3 N–H and O–H groups in total. The summed E-state index contributed by atoms with van der Waals surface area (Å²) in [7, 11) is 0. The molecule has 5 nitrogen and oxygen atoms in total. The molecule has 0 radical (unpaired) electrons. The fourth-order valence-electron chi connectivity index (χ4n) is 3.94. The average molecular weight is 506 g/mol.